The number of fused-ring (bicyclic) bond motifs is 1. The molecule has 3 aliphatic rings. The van der Waals surface area contributed by atoms with Gasteiger partial charge in [-0.05, 0) is 49.8 Å². The van der Waals surface area contributed by atoms with E-state index in [4.69, 9.17) is 9.47 Å². The summed E-state index contributed by atoms with van der Waals surface area (Å²) < 4.78 is 10.9. The Kier molecular flexibility index (Phi) is 7.06. The fourth-order valence-corrected chi connectivity index (χ4v) is 5.10. The fraction of sp³-hybridized carbons (Fsp3) is 0.500. The minimum atomic E-state index is -0.392. The van der Waals surface area contributed by atoms with Gasteiger partial charge in [0.15, 0.2) is 6.29 Å². The Balaban J connectivity index is 1.36. The predicted octanol–water partition coefficient (Wildman–Crippen LogP) is 2.91. The van der Waals surface area contributed by atoms with Gasteiger partial charge < -0.3 is 14.8 Å². The Morgan fingerprint density at radius 3 is 2.97 bits per heavy atom. The number of nitriles is 1. The lowest BCUT2D eigenvalue weighted by atomic mass is 10.0. The van der Waals surface area contributed by atoms with Crippen molar-refractivity contribution in [2.45, 2.75) is 50.9 Å². The number of nitrogens with zero attached hydrogens (tertiary/aromatic N) is 5. The molecule has 0 radical (unpaired) electrons. The topological polar surface area (TPSA) is 133 Å². The molecule has 2 aromatic heterocycles. The number of aryl methyl sites for hydroxylation is 1. The quantitative estimate of drug-likeness (QED) is 0.410. The van der Waals surface area contributed by atoms with E-state index in [1.54, 1.807) is 18.1 Å². The molecular formula is C26H31N7O4. The molecule has 11 heteroatoms. The molecular weight excluding hydrogens is 474 g/mol. The number of urea groups is 1. The molecule has 1 atom stereocenters. The van der Waals surface area contributed by atoms with E-state index in [9.17, 15) is 14.9 Å². The van der Waals surface area contributed by atoms with E-state index in [1.807, 2.05) is 13.0 Å². The summed E-state index contributed by atoms with van der Waals surface area (Å²) in [7, 11) is 1.60. The number of hydrogen-bond acceptors (Lipinski definition) is 9. The zero-order valence-corrected chi connectivity index (χ0v) is 21.1. The van der Waals surface area contributed by atoms with Crippen LogP contribution in [0.5, 0.6) is 0 Å². The van der Waals surface area contributed by atoms with E-state index in [-0.39, 0.29) is 11.8 Å². The number of carbonyl (C=O) groups is 2. The maximum Gasteiger partial charge on any atom is 0.328 e. The van der Waals surface area contributed by atoms with Gasteiger partial charge in [-0.2, -0.15) is 5.26 Å². The molecule has 11 nitrogen and oxygen atoms in total. The summed E-state index contributed by atoms with van der Waals surface area (Å²) in [5.41, 5.74) is 3.16. The van der Waals surface area contributed by atoms with Crippen molar-refractivity contribution in [3.63, 3.8) is 0 Å². The van der Waals surface area contributed by atoms with Gasteiger partial charge >= 0.3 is 6.03 Å². The maximum absolute atomic E-state index is 13.3. The highest BCUT2D eigenvalue weighted by Crippen LogP contribution is 2.48. The molecule has 37 heavy (non-hydrogen) atoms. The summed E-state index contributed by atoms with van der Waals surface area (Å²) in [5.74, 6) is 0.801. The van der Waals surface area contributed by atoms with Crippen molar-refractivity contribution in [1.29, 1.82) is 5.26 Å². The van der Waals surface area contributed by atoms with Crippen molar-refractivity contribution in [1.82, 2.24) is 14.9 Å². The third-order valence-electron chi connectivity index (χ3n) is 7.32. The van der Waals surface area contributed by atoms with Crippen molar-refractivity contribution < 1.29 is 19.1 Å². The summed E-state index contributed by atoms with van der Waals surface area (Å²) in [6.45, 7) is 4.81. The number of ether oxygens (including phenoxy) is 2. The molecule has 1 saturated carbocycles. The summed E-state index contributed by atoms with van der Waals surface area (Å²) in [6.07, 6.45) is 5.94. The van der Waals surface area contributed by atoms with Crippen LogP contribution in [0.2, 0.25) is 0 Å². The SMILES string of the molecule is COCCNc1cc(NC(=O)N2CCCc3cc(CN4C(C)OCC45CC5)c(C=O)nc32)ncc1C#N. The van der Waals surface area contributed by atoms with Gasteiger partial charge in [0.05, 0.1) is 24.5 Å². The highest BCUT2D eigenvalue weighted by atomic mass is 16.5. The van der Waals surface area contributed by atoms with Gasteiger partial charge in [0.2, 0.25) is 0 Å². The number of aromatic nitrogens is 2. The Morgan fingerprint density at radius 2 is 2.24 bits per heavy atom. The molecule has 1 unspecified atom stereocenters. The number of anilines is 3. The first-order valence-corrected chi connectivity index (χ1v) is 12.6. The Morgan fingerprint density at radius 1 is 1.41 bits per heavy atom. The average Bonchev–Trinajstić information content (AvgIpc) is 3.64. The van der Waals surface area contributed by atoms with Crippen LogP contribution in [0.1, 0.15) is 53.4 Å². The van der Waals surface area contributed by atoms with E-state index in [1.165, 1.54) is 6.20 Å². The summed E-state index contributed by atoms with van der Waals surface area (Å²) in [5, 5.41) is 15.3. The van der Waals surface area contributed by atoms with E-state index in [0.29, 0.717) is 54.8 Å². The minimum absolute atomic E-state index is 0.00545. The van der Waals surface area contributed by atoms with Crippen molar-refractivity contribution in [3.05, 3.63) is 40.7 Å². The van der Waals surface area contributed by atoms with Crippen molar-refractivity contribution >= 4 is 29.6 Å². The number of rotatable bonds is 8. The molecule has 4 heterocycles. The smallest absolute Gasteiger partial charge is 0.328 e. The molecule has 1 saturated heterocycles. The zero-order valence-electron chi connectivity index (χ0n) is 21.1. The first-order chi connectivity index (χ1) is 18.0. The van der Waals surface area contributed by atoms with Gasteiger partial charge in [0.1, 0.15) is 29.6 Å². The number of hydrogen-bond donors (Lipinski definition) is 2. The number of carbonyl (C=O) groups excluding carboxylic acids is 2. The summed E-state index contributed by atoms with van der Waals surface area (Å²) in [6, 6.07) is 5.34. The second kappa shape index (κ2) is 10.4. The molecule has 1 aliphatic carbocycles. The highest BCUT2D eigenvalue weighted by molar-refractivity contribution is 6.01. The number of amides is 2. The van der Waals surface area contributed by atoms with Crippen LogP contribution < -0.4 is 15.5 Å². The lowest BCUT2D eigenvalue weighted by Crippen LogP contribution is -2.40. The van der Waals surface area contributed by atoms with E-state index in [2.05, 4.69) is 31.6 Å². The van der Waals surface area contributed by atoms with Crippen molar-refractivity contribution in [2.24, 2.45) is 0 Å². The fourth-order valence-electron chi connectivity index (χ4n) is 5.10. The van der Waals surface area contributed by atoms with Gasteiger partial charge in [-0.15, -0.1) is 0 Å². The van der Waals surface area contributed by atoms with Crippen LogP contribution >= 0.6 is 0 Å². The minimum Gasteiger partial charge on any atom is -0.383 e. The number of pyridine rings is 2. The first kappa shape index (κ1) is 25.1. The predicted molar refractivity (Wildman–Crippen MR) is 137 cm³/mol. The van der Waals surface area contributed by atoms with Crippen molar-refractivity contribution in [3.8, 4) is 6.07 Å². The summed E-state index contributed by atoms with van der Waals surface area (Å²) >= 11 is 0. The van der Waals surface area contributed by atoms with Crippen LogP contribution in [-0.2, 0) is 22.4 Å². The van der Waals surface area contributed by atoms with Crippen LogP contribution in [0, 0.1) is 11.3 Å². The standard InChI is InChI=1S/C26H31N7O4/c1-17-33(26(5-6-26)16-37-17)14-19-10-18-4-3-8-32(24(18)30-22(19)15-34)25(35)31-23-11-21(28-7-9-36-2)20(12-27)13-29-23/h10-11,13,15,17H,3-9,14,16H2,1-2H3,(H2,28,29,31,35). The number of nitrogens with one attached hydrogen (secondary N) is 2. The third kappa shape index (κ3) is 5.00. The Labute approximate surface area is 215 Å². The maximum atomic E-state index is 13.3. The molecule has 0 bridgehead atoms. The summed E-state index contributed by atoms with van der Waals surface area (Å²) in [4.78, 5) is 38.0. The molecule has 0 aromatic carbocycles. The molecule has 2 aliphatic heterocycles. The van der Waals surface area contributed by atoms with Crippen LogP contribution in [0.3, 0.4) is 0 Å². The van der Waals surface area contributed by atoms with Crippen LogP contribution in [0.15, 0.2) is 18.3 Å². The average molecular weight is 506 g/mol. The lowest BCUT2D eigenvalue weighted by Gasteiger charge is -2.30. The van der Waals surface area contributed by atoms with Gasteiger partial charge in [-0.3, -0.25) is 19.9 Å². The molecule has 2 amide bonds. The molecule has 1 spiro atoms. The van der Waals surface area contributed by atoms with Crippen LogP contribution in [0.25, 0.3) is 0 Å². The molecule has 2 fully saturated rings. The molecule has 194 valence electrons. The van der Waals surface area contributed by atoms with Gasteiger partial charge in [-0.25, -0.2) is 14.8 Å². The second-order valence-electron chi connectivity index (χ2n) is 9.73. The monoisotopic (exact) mass is 505 g/mol. The number of aldehydes is 1. The molecule has 2 N–H and O–H groups in total. The van der Waals surface area contributed by atoms with E-state index in [0.717, 1.165) is 49.7 Å². The van der Waals surface area contributed by atoms with Crippen LogP contribution in [0.4, 0.5) is 22.1 Å². The normalized spacial score (nSPS) is 19.8. The van der Waals surface area contributed by atoms with Gasteiger partial charge in [0, 0.05) is 44.5 Å². The van der Waals surface area contributed by atoms with E-state index < -0.39 is 6.03 Å². The van der Waals surface area contributed by atoms with E-state index >= 15 is 0 Å². The van der Waals surface area contributed by atoms with Crippen LogP contribution in [-0.4, -0.2) is 72.4 Å². The number of methoxy groups -OCH3 is 1. The van der Waals surface area contributed by atoms with Gasteiger partial charge in [-0.1, -0.05) is 0 Å². The van der Waals surface area contributed by atoms with Crippen molar-refractivity contribution in [2.75, 3.05) is 48.9 Å². The Bertz CT molecular complexity index is 1240. The Hall–Kier alpha value is -3.59. The first-order valence-electron chi connectivity index (χ1n) is 12.6. The largest absolute Gasteiger partial charge is 0.383 e. The zero-order chi connectivity index (χ0) is 26.0. The highest BCUT2D eigenvalue weighted by Gasteiger charge is 2.54. The van der Waals surface area contributed by atoms with Gasteiger partial charge in [0.25, 0.3) is 0 Å². The third-order valence-corrected chi connectivity index (χ3v) is 7.32. The lowest BCUT2D eigenvalue weighted by molar-refractivity contribution is 0.0403. The second-order valence-corrected chi connectivity index (χ2v) is 9.73. The molecule has 5 rings (SSSR count). The molecule has 2 aromatic rings.